The maximum Gasteiger partial charge on any atom is 0.328 e. The van der Waals surface area contributed by atoms with Crippen molar-refractivity contribution < 1.29 is 19.3 Å². The summed E-state index contributed by atoms with van der Waals surface area (Å²) in [5.41, 5.74) is -0.629. The van der Waals surface area contributed by atoms with Crippen LogP contribution in [-0.4, -0.2) is 44.8 Å². The molecule has 2 rings (SSSR count). The van der Waals surface area contributed by atoms with E-state index in [0.29, 0.717) is 0 Å². The standard InChI is InChI=1S/C9H11FN2O4S/c10-6-7(14)4(3-13)16-8(6)12-2-1-5(17)11-9(12)15/h1-2,4,6-8,13-14H,3H2,(H,11,15,17)/t4-,6+,7-,8-/m1/s1. The zero-order valence-electron chi connectivity index (χ0n) is 8.62. The Hall–Kier alpha value is -1.09. The summed E-state index contributed by atoms with van der Waals surface area (Å²) in [7, 11) is 0. The Bertz CT molecular complexity index is 516. The van der Waals surface area contributed by atoms with Crippen molar-refractivity contribution in [3.63, 3.8) is 0 Å². The van der Waals surface area contributed by atoms with Crippen LogP contribution < -0.4 is 5.69 Å². The van der Waals surface area contributed by atoms with E-state index in [1.54, 1.807) is 0 Å². The molecule has 0 unspecified atom stereocenters. The number of rotatable bonds is 2. The number of halogens is 1. The monoisotopic (exact) mass is 262 g/mol. The molecular formula is C9H11FN2O4S. The van der Waals surface area contributed by atoms with Crippen molar-refractivity contribution in [2.75, 3.05) is 6.61 Å². The summed E-state index contributed by atoms with van der Waals surface area (Å²) in [4.78, 5) is 13.8. The quantitative estimate of drug-likeness (QED) is 0.625. The highest BCUT2D eigenvalue weighted by molar-refractivity contribution is 7.71. The molecule has 0 bridgehead atoms. The van der Waals surface area contributed by atoms with E-state index in [1.807, 2.05) is 0 Å². The highest BCUT2D eigenvalue weighted by Gasteiger charge is 2.45. The van der Waals surface area contributed by atoms with Gasteiger partial charge >= 0.3 is 5.69 Å². The SMILES string of the molecule is O=c1[nH]c(=S)ccn1[C@@H]1O[C@H](CO)[C@@H](O)[C@@H]1F. The Kier molecular flexibility index (Phi) is 3.38. The average Bonchev–Trinajstić information content (AvgIpc) is 2.57. The molecule has 1 aromatic rings. The van der Waals surface area contributed by atoms with Crippen molar-refractivity contribution >= 4 is 12.2 Å². The summed E-state index contributed by atoms with van der Waals surface area (Å²) in [6.07, 6.45) is -4.26. The number of hydrogen-bond acceptors (Lipinski definition) is 5. The Morgan fingerprint density at radius 2 is 2.35 bits per heavy atom. The van der Waals surface area contributed by atoms with Crippen LogP contribution >= 0.6 is 12.2 Å². The van der Waals surface area contributed by atoms with Crippen LogP contribution in [0.2, 0.25) is 0 Å². The van der Waals surface area contributed by atoms with Gasteiger partial charge in [-0.25, -0.2) is 9.18 Å². The fraction of sp³-hybridized carbons (Fsp3) is 0.556. The number of aliphatic hydroxyl groups is 2. The van der Waals surface area contributed by atoms with Crippen LogP contribution in [0, 0.1) is 4.64 Å². The second-order valence-electron chi connectivity index (χ2n) is 3.70. The lowest BCUT2D eigenvalue weighted by molar-refractivity contribution is -0.0491. The van der Waals surface area contributed by atoms with Gasteiger partial charge in [0.25, 0.3) is 0 Å². The topological polar surface area (TPSA) is 87.5 Å². The van der Waals surface area contributed by atoms with Gasteiger partial charge < -0.3 is 14.9 Å². The minimum Gasteiger partial charge on any atom is -0.394 e. The van der Waals surface area contributed by atoms with E-state index in [4.69, 9.17) is 22.1 Å². The minimum atomic E-state index is -1.78. The first kappa shape index (κ1) is 12.4. The summed E-state index contributed by atoms with van der Waals surface area (Å²) in [5.74, 6) is 0. The second-order valence-corrected chi connectivity index (χ2v) is 4.14. The van der Waals surface area contributed by atoms with E-state index in [-0.39, 0.29) is 4.64 Å². The average molecular weight is 262 g/mol. The fourth-order valence-corrected chi connectivity index (χ4v) is 1.85. The molecule has 1 aliphatic heterocycles. The van der Waals surface area contributed by atoms with Crippen molar-refractivity contribution in [1.82, 2.24) is 9.55 Å². The van der Waals surface area contributed by atoms with Crippen LogP contribution in [-0.2, 0) is 4.74 Å². The van der Waals surface area contributed by atoms with E-state index < -0.39 is 36.9 Å². The molecule has 0 radical (unpaired) electrons. The molecule has 2 heterocycles. The number of aliphatic hydroxyl groups excluding tert-OH is 2. The predicted octanol–water partition coefficient (Wildman–Crippen LogP) is -0.505. The molecule has 4 atom stereocenters. The molecule has 1 saturated heterocycles. The van der Waals surface area contributed by atoms with Crippen LogP contribution in [0.3, 0.4) is 0 Å². The van der Waals surface area contributed by atoms with E-state index in [2.05, 4.69) is 4.98 Å². The number of ether oxygens (including phenoxy) is 1. The van der Waals surface area contributed by atoms with Gasteiger partial charge in [0, 0.05) is 6.20 Å². The van der Waals surface area contributed by atoms with Crippen molar-refractivity contribution in [2.45, 2.75) is 24.6 Å². The zero-order valence-corrected chi connectivity index (χ0v) is 9.43. The molecule has 6 nitrogen and oxygen atoms in total. The molecule has 0 saturated carbocycles. The first-order valence-electron chi connectivity index (χ1n) is 4.94. The Labute approximate surface area is 100 Å². The highest BCUT2D eigenvalue weighted by Crippen LogP contribution is 2.30. The first-order chi connectivity index (χ1) is 8.04. The molecule has 0 aliphatic carbocycles. The lowest BCUT2D eigenvalue weighted by Gasteiger charge is -2.15. The van der Waals surface area contributed by atoms with Gasteiger partial charge in [0.1, 0.15) is 16.8 Å². The van der Waals surface area contributed by atoms with Gasteiger partial charge in [-0.15, -0.1) is 0 Å². The third-order valence-electron chi connectivity index (χ3n) is 2.60. The lowest BCUT2D eigenvalue weighted by atomic mass is 10.1. The van der Waals surface area contributed by atoms with Gasteiger partial charge in [-0.1, -0.05) is 12.2 Å². The third kappa shape index (κ3) is 2.16. The van der Waals surface area contributed by atoms with Crippen LogP contribution in [0.15, 0.2) is 17.1 Å². The van der Waals surface area contributed by atoms with E-state index in [0.717, 1.165) is 4.57 Å². The summed E-state index contributed by atoms with van der Waals surface area (Å²) in [6.45, 7) is -0.518. The van der Waals surface area contributed by atoms with E-state index in [9.17, 15) is 14.3 Å². The summed E-state index contributed by atoms with van der Waals surface area (Å²) in [6, 6.07) is 1.41. The fourth-order valence-electron chi connectivity index (χ4n) is 1.71. The van der Waals surface area contributed by atoms with Crippen LogP contribution in [0.5, 0.6) is 0 Å². The number of alkyl halides is 1. The number of nitrogens with one attached hydrogen (secondary N) is 1. The summed E-state index contributed by atoms with van der Waals surface area (Å²) in [5, 5.41) is 18.3. The van der Waals surface area contributed by atoms with Gasteiger partial charge in [0.05, 0.1) is 6.61 Å². The van der Waals surface area contributed by atoms with Gasteiger partial charge in [-0.05, 0) is 6.07 Å². The molecule has 1 fully saturated rings. The number of H-pyrrole nitrogens is 1. The maximum atomic E-state index is 13.7. The van der Waals surface area contributed by atoms with Crippen molar-refractivity contribution in [3.8, 4) is 0 Å². The van der Waals surface area contributed by atoms with E-state index >= 15 is 0 Å². The second kappa shape index (κ2) is 4.65. The molecule has 0 amide bonds. The number of aromatic nitrogens is 2. The van der Waals surface area contributed by atoms with Gasteiger partial charge in [0.2, 0.25) is 0 Å². The molecular weight excluding hydrogens is 251 g/mol. The predicted molar refractivity (Wildman–Crippen MR) is 57.8 cm³/mol. The highest BCUT2D eigenvalue weighted by atomic mass is 32.1. The zero-order chi connectivity index (χ0) is 12.6. The van der Waals surface area contributed by atoms with Gasteiger partial charge in [-0.3, -0.25) is 9.55 Å². The molecule has 1 aromatic heterocycles. The van der Waals surface area contributed by atoms with Crippen LogP contribution in [0.4, 0.5) is 4.39 Å². The Morgan fingerprint density at radius 1 is 1.65 bits per heavy atom. The summed E-state index contributed by atoms with van der Waals surface area (Å²) < 4.78 is 20.0. The minimum absolute atomic E-state index is 0.221. The smallest absolute Gasteiger partial charge is 0.328 e. The lowest BCUT2D eigenvalue weighted by Crippen LogP contribution is -2.33. The van der Waals surface area contributed by atoms with Gasteiger partial charge in [-0.2, -0.15) is 0 Å². The number of hydrogen-bond donors (Lipinski definition) is 3. The molecule has 0 aromatic carbocycles. The van der Waals surface area contributed by atoms with Gasteiger partial charge in [0.15, 0.2) is 12.4 Å². The Morgan fingerprint density at radius 3 is 2.88 bits per heavy atom. The molecule has 94 valence electrons. The molecule has 3 N–H and O–H groups in total. The normalized spacial score (nSPS) is 32.9. The molecule has 1 aliphatic rings. The number of nitrogens with zero attached hydrogens (tertiary/aromatic N) is 1. The Balaban J connectivity index is 2.35. The van der Waals surface area contributed by atoms with E-state index in [1.165, 1.54) is 12.3 Å². The molecule has 17 heavy (non-hydrogen) atoms. The summed E-state index contributed by atoms with van der Waals surface area (Å²) >= 11 is 4.74. The third-order valence-corrected chi connectivity index (χ3v) is 2.84. The van der Waals surface area contributed by atoms with Crippen molar-refractivity contribution in [3.05, 3.63) is 27.4 Å². The van der Waals surface area contributed by atoms with Crippen molar-refractivity contribution in [2.24, 2.45) is 0 Å². The largest absolute Gasteiger partial charge is 0.394 e. The number of aromatic amines is 1. The van der Waals surface area contributed by atoms with Crippen LogP contribution in [0.25, 0.3) is 0 Å². The molecule has 8 heteroatoms. The molecule has 0 spiro atoms. The van der Waals surface area contributed by atoms with Crippen LogP contribution in [0.1, 0.15) is 6.23 Å². The maximum absolute atomic E-state index is 13.7. The first-order valence-corrected chi connectivity index (χ1v) is 5.35. The van der Waals surface area contributed by atoms with Crippen molar-refractivity contribution in [1.29, 1.82) is 0 Å².